The van der Waals surface area contributed by atoms with Crippen molar-refractivity contribution in [1.82, 2.24) is 0 Å². The highest BCUT2D eigenvalue weighted by atomic mass is 32.2. The van der Waals surface area contributed by atoms with Gasteiger partial charge in [0.15, 0.2) is 9.84 Å². The van der Waals surface area contributed by atoms with Crippen LogP contribution in [0, 0.1) is 0 Å². The number of nitrogen functional groups attached to an aromatic ring is 1. The number of carbonyl (C=O) groups excluding carboxylic acids is 2. The van der Waals surface area contributed by atoms with Crippen molar-refractivity contribution in [1.29, 1.82) is 0 Å². The Morgan fingerprint density at radius 2 is 1.65 bits per heavy atom. The first-order chi connectivity index (χ1) is 9.11. The van der Waals surface area contributed by atoms with E-state index in [1.807, 2.05) is 0 Å². The lowest BCUT2D eigenvalue weighted by molar-refractivity contribution is -0.117. The number of sulfone groups is 1. The molecule has 0 fully saturated rings. The summed E-state index contributed by atoms with van der Waals surface area (Å²) in [5.41, 5.74) is 16.4. The molecule has 0 aromatic heterocycles. The molecule has 0 heterocycles. The molecule has 0 radical (unpaired) electrons. The van der Waals surface area contributed by atoms with E-state index in [9.17, 15) is 18.0 Å². The number of rotatable bonds is 6. The van der Waals surface area contributed by atoms with Gasteiger partial charge in [0.1, 0.15) is 0 Å². The van der Waals surface area contributed by atoms with Gasteiger partial charge in [-0.3, -0.25) is 9.59 Å². The van der Waals surface area contributed by atoms with Gasteiger partial charge < -0.3 is 22.1 Å². The predicted octanol–water partition coefficient (Wildman–Crippen LogP) is -1.55. The second-order valence-electron chi connectivity index (χ2n) is 4.28. The highest BCUT2D eigenvalue weighted by molar-refractivity contribution is 7.90. The van der Waals surface area contributed by atoms with Gasteiger partial charge in [-0.1, -0.05) is 0 Å². The molecular formula is C11H16N4O4S. The summed E-state index contributed by atoms with van der Waals surface area (Å²) < 4.78 is 22.8. The average molecular weight is 300 g/mol. The minimum absolute atomic E-state index is 0.0388. The molecule has 0 spiro atoms. The monoisotopic (exact) mass is 300 g/mol. The van der Waals surface area contributed by atoms with Crippen molar-refractivity contribution in [3.63, 3.8) is 0 Å². The standard InChI is InChI=1S/C11H16N4O4S/c1-20(18,19)7-2-3-9(8(12)4-7)15(5-10(13)16)6-11(14)17/h2-4H,5-6,12H2,1H3,(H2,13,16)(H2,14,17). The van der Waals surface area contributed by atoms with Crippen LogP contribution in [-0.2, 0) is 19.4 Å². The fourth-order valence-corrected chi connectivity index (χ4v) is 2.31. The first kappa shape index (κ1) is 15.8. The number of nitrogens with zero attached hydrogens (tertiary/aromatic N) is 1. The minimum atomic E-state index is -3.40. The molecule has 8 nitrogen and oxygen atoms in total. The molecule has 6 N–H and O–H groups in total. The Labute approximate surface area is 116 Å². The molecule has 1 aromatic rings. The third-order valence-electron chi connectivity index (χ3n) is 2.46. The van der Waals surface area contributed by atoms with E-state index in [4.69, 9.17) is 17.2 Å². The number of anilines is 2. The van der Waals surface area contributed by atoms with E-state index in [0.717, 1.165) is 6.26 Å². The first-order valence-corrected chi connectivity index (χ1v) is 7.41. The molecule has 20 heavy (non-hydrogen) atoms. The zero-order valence-corrected chi connectivity index (χ0v) is 11.7. The van der Waals surface area contributed by atoms with Crippen LogP contribution < -0.4 is 22.1 Å². The fraction of sp³-hybridized carbons (Fsp3) is 0.273. The van der Waals surface area contributed by atoms with Gasteiger partial charge >= 0.3 is 0 Å². The van der Waals surface area contributed by atoms with Crippen LogP contribution in [0.4, 0.5) is 11.4 Å². The Morgan fingerprint density at radius 3 is 2.00 bits per heavy atom. The summed E-state index contributed by atoms with van der Waals surface area (Å²) in [4.78, 5) is 23.3. The van der Waals surface area contributed by atoms with Crippen LogP contribution in [0.25, 0.3) is 0 Å². The Morgan fingerprint density at radius 1 is 1.15 bits per heavy atom. The average Bonchev–Trinajstić information content (AvgIpc) is 2.25. The van der Waals surface area contributed by atoms with Gasteiger partial charge in [-0.2, -0.15) is 0 Å². The van der Waals surface area contributed by atoms with Crippen molar-refractivity contribution in [2.45, 2.75) is 4.90 Å². The number of hydrogen-bond acceptors (Lipinski definition) is 6. The second kappa shape index (κ2) is 5.78. The van der Waals surface area contributed by atoms with E-state index >= 15 is 0 Å². The molecule has 0 aliphatic rings. The summed E-state index contributed by atoms with van der Waals surface area (Å²) in [6, 6.07) is 3.98. The quantitative estimate of drug-likeness (QED) is 0.541. The molecule has 0 bridgehead atoms. The Bertz CT molecular complexity index is 626. The molecule has 0 aliphatic carbocycles. The summed E-state index contributed by atoms with van der Waals surface area (Å²) in [6.07, 6.45) is 1.05. The summed E-state index contributed by atoms with van der Waals surface area (Å²) >= 11 is 0. The van der Waals surface area contributed by atoms with Gasteiger partial charge in [-0.25, -0.2) is 8.42 Å². The molecule has 0 aliphatic heterocycles. The Balaban J connectivity index is 3.20. The van der Waals surface area contributed by atoms with Crippen LogP contribution in [-0.4, -0.2) is 39.6 Å². The number of amides is 2. The van der Waals surface area contributed by atoms with Crippen LogP contribution in [0.15, 0.2) is 23.1 Å². The topological polar surface area (TPSA) is 150 Å². The molecule has 0 saturated heterocycles. The van der Waals surface area contributed by atoms with Crippen molar-refractivity contribution in [3.05, 3.63) is 18.2 Å². The summed E-state index contributed by atoms with van der Waals surface area (Å²) in [5.74, 6) is -1.34. The predicted molar refractivity (Wildman–Crippen MR) is 74.6 cm³/mol. The molecule has 2 amide bonds. The lowest BCUT2D eigenvalue weighted by Gasteiger charge is -2.23. The van der Waals surface area contributed by atoms with Gasteiger partial charge in [-0.15, -0.1) is 0 Å². The summed E-state index contributed by atoms with van der Waals surface area (Å²) in [5, 5.41) is 0. The van der Waals surface area contributed by atoms with Gasteiger partial charge in [0.25, 0.3) is 0 Å². The van der Waals surface area contributed by atoms with Gasteiger partial charge in [-0.05, 0) is 18.2 Å². The lowest BCUT2D eigenvalue weighted by Crippen LogP contribution is -2.40. The number of nitrogens with two attached hydrogens (primary N) is 3. The van der Waals surface area contributed by atoms with Crippen molar-refractivity contribution < 1.29 is 18.0 Å². The van der Waals surface area contributed by atoms with Crippen molar-refractivity contribution >= 4 is 33.0 Å². The highest BCUT2D eigenvalue weighted by Crippen LogP contribution is 2.26. The van der Waals surface area contributed by atoms with Crippen molar-refractivity contribution in [2.75, 3.05) is 30.0 Å². The SMILES string of the molecule is CS(=O)(=O)c1ccc(N(CC(N)=O)CC(N)=O)c(N)c1. The van der Waals surface area contributed by atoms with E-state index < -0.39 is 21.7 Å². The maximum Gasteiger partial charge on any atom is 0.236 e. The smallest absolute Gasteiger partial charge is 0.236 e. The van der Waals surface area contributed by atoms with E-state index in [2.05, 4.69) is 0 Å². The molecule has 1 rings (SSSR count). The number of carbonyl (C=O) groups is 2. The lowest BCUT2D eigenvalue weighted by atomic mass is 10.2. The Kier molecular flexibility index (Phi) is 4.56. The molecule has 1 aromatic carbocycles. The largest absolute Gasteiger partial charge is 0.397 e. The summed E-state index contributed by atoms with van der Waals surface area (Å²) in [7, 11) is -3.40. The molecule has 0 saturated carbocycles. The maximum atomic E-state index is 11.4. The van der Waals surface area contributed by atoms with Crippen LogP contribution in [0.3, 0.4) is 0 Å². The minimum Gasteiger partial charge on any atom is -0.397 e. The summed E-state index contributed by atoms with van der Waals surface area (Å²) in [6.45, 7) is -0.517. The molecule has 0 unspecified atom stereocenters. The number of primary amides is 2. The normalized spacial score (nSPS) is 11.1. The molecular weight excluding hydrogens is 284 g/mol. The highest BCUT2D eigenvalue weighted by Gasteiger charge is 2.17. The molecule has 110 valence electrons. The van der Waals surface area contributed by atoms with Crippen LogP contribution in [0.1, 0.15) is 0 Å². The maximum absolute atomic E-state index is 11.4. The van der Waals surface area contributed by atoms with Crippen LogP contribution >= 0.6 is 0 Å². The zero-order chi connectivity index (χ0) is 15.5. The van der Waals surface area contributed by atoms with Crippen LogP contribution in [0.5, 0.6) is 0 Å². The van der Waals surface area contributed by atoms with Crippen LogP contribution in [0.2, 0.25) is 0 Å². The Hall–Kier alpha value is -2.29. The van der Waals surface area contributed by atoms with Crippen molar-refractivity contribution in [3.8, 4) is 0 Å². The third-order valence-corrected chi connectivity index (χ3v) is 3.57. The van der Waals surface area contributed by atoms with Gasteiger partial charge in [0.2, 0.25) is 11.8 Å². The zero-order valence-electron chi connectivity index (χ0n) is 10.9. The third kappa shape index (κ3) is 4.12. The molecule has 9 heteroatoms. The first-order valence-electron chi connectivity index (χ1n) is 5.52. The van der Waals surface area contributed by atoms with E-state index in [0.29, 0.717) is 5.69 Å². The molecule has 0 atom stereocenters. The van der Waals surface area contributed by atoms with E-state index in [1.165, 1.54) is 23.1 Å². The number of hydrogen-bond donors (Lipinski definition) is 3. The van der Waals surface area contributed by atoms with Gasteiger partial charge in [0.05, 0.1) is 29.4 Å². The van der Waals surface area contributed by atoms with E-state index in [-0.39, 0.29) is 23.7 Å². The van der Waals surface area contributed by atoms with Crippen molar-refractivity contribution in [2.24, 2.45) is 11.5 Å². The van der Waals surface area contributed by atoms with E-state index in [1.54, 1.807) is 0 Å². The second-order valence-corrected chi connectivity index (χ2v) is 6.30. The van der Waals surface area contributed by atoms with Gasteiger partial charge in [0, 0.05) is 6.26 Å². The fourth-order valence-electron chi connectivity index (χ4n) is 1.65. The number of benzene rings is 1.